The van der Waals surface area contributed by atoms with Gasteiger partial charge >= 0.3 is 0 Å². The second-order valence-corrected chi connectivity index (χ2v) is 8.75. The van der Waals surface area contributed by atoms with E-state index < -0.39 is 5.60 Å². The Morgan fingerprint density at radius 3 is 2.74 bits per heavy atom. The number of nitrogens with one attached hydrogen (secondary N) is 3. The van der Waals surface area contributed by atoms with Crippen molar-refractivity contribution in [2.75, 3.05) is 31.6 Å². The number of piperidine rings is 1. The van der Waals surface area contributed by atoms with Gasteiger partial charge in [-0.2, -0.15) is 0 Å². The summed E-state index contributed by atoms with van der Waals surface area (Å²) in [5, 5.41) is 18.9. The quantitative estimate of drug-likeness (QED) is 0.500. The number of aromatic amines is 1. The molecule has 0 saturated carbocycles. The normalized spacial score (nSPS) is 21.9. The number of fused-ring (bicyclic) bond motifs is 2. The summed E-state index contributed by atoms with van der Waals surface area (Å²) < 4.78 is 11.4. The summed E-state index contributed by atoms with van der Waals surface area (Å²) >= 11 is 0. The van der Waals surface area contributed by atoms with Crippen molar-refractivity contribution in [1.82, 2.24) is 20.3 Å². The van der Waals surface area contributed by atoms with E-state index in [2.05, 4.69) is 45.5 Å². The van der Waals surface area contributed by atoms with Crippen LogP contribution in [-0.2, 0) is 5.60 Å². The molecule has 8 nitrogen and oxygen atoms in total. The Morgan fingerprint density at radius 2 is 1.97 bits per heavy atom. The third kappa shape index (κ3) is 3.81. The average Bonchev–Trinajstić information content (AvgIpc) is 3.24. The molecule has 31 heavy (non-hydrogen) atoms. The average molecular weight is 424 g/mol. The summed E-state index contributed by atoms with van der Waals surface area (Å²) in [5.74, 6) is 2.61. The molecule has 0 aliphatic carbocycles. The van der Waals surface area contributed by atoms with Gasteiger partial charge in [-0.25, -0.2) is 9.97 Å². The van der Waals surface area contributed by atoms with Crippen molar-refractivity contribution in [2.45, 2.75) is 38.3 Å². The van der Waals surface area contributed by atoms with Crippen LogP contribution >= 0.6 is 0 Å². The number of ether oxygens (including phenoxy) is 2. The minimum atomic E-state index is -0.913. The van der Waals surface area contributed by atoms with Crippen molar-refractivity contribution >= 4 is 16.9 Å². The summed E-state index contributed by atoms with van der Waals surface area (Å²) in [6.45, 7) is 6.95. The fraction of sp³-hybridized carbons (Fsp3) is 0.478. The molecule has 0 unspecified atom stereocenters. The summed E-state index contributed by atoms with van der Waals surface area (Å²) in [4.78, 5) is 12.2. The van der Waals surface area contributed by atoms with Gasteiger partial charge in [-0.3, -0.25) is 0 Å². The molecule has 2 aliphatic heterocycles. The van der Waals surface area contributed by atoms with Gasteiger partial charge in [-0.15, -0.1) is 0 Å². The van der Waals surface area contributed by atoms with Crippen LogP contribution in [0.2, 0.25) is 0 Å². The molecule has 0 spiro atoms. The van der Waals surface area contributed by atoms with E-state index in [4.69, 9.17) is 9.47 Å². The summed E-state index contributed by atoms with van der Waals surface area (Å²) in [6.07, 6.45) is 3.20. The number of β-amino-alcohol motifs (C(OH)–C–C–N with tert-alkyl or cyclic N) is 1. The Labute approximate surface area is 181 Å². The molecule has 0 bridgehead atoms. The third-order valence-corrected chi connectivity index (χ3v) is 6.17. The molecule has 164 valence electrons. The molecule has 0 radical (unpaired) electrons. The van der Waals surface area contributed by atoms with Crippen LogP contribution in [0.15, 0.2) is 30.6 Å². The van der Waals surface area contributed by atoms with Gasteiger partial charge in [0.2, 0.25) is 0 Å². The lowest BCUT2D eigenvalue weighted by atomic mass is 9.91. The van der Waals surface area contributed by atoms with Crippen molar-refractivity contribution in [1.29, 1.82) is 0 Å². The Balaban J connectivity index is 1.48. The maximum absolute atomic E-state index is 11.1. The van der Waals surface area contributed by atoms with Crippen molar-refractivity contribution in [3.63, 3.8) is 0 Å². The van der Waals surface area contributed by atoms with Crippen molar-refractivity contribution in [3.8, 4) is 11.5 Å². The smallest absolute Gasteiger partial charge is 0.161 e. The van der Waals surface area contributed by atoms with Crippen LogP contribution < -0.4 is 20.1 Å². The van der Waals surface area contributed by atoms with E-state index in [9.17, 15) is 5.11 Å². The van der Waals surface area contributed by atoms with E-state index in [0.29, 0.717) is 25.7 Å². The molecule has 1 aromatic carbocycles. The highest BCUT2D eigenvalue weighted by Gasteiger charge is 2.33. The van der Waals surface area contributed by atoms with Gasteiger partial charge in [0, 0.05) is 6.54 Å². The zero-order valence-corrected chi connectivity index (χ0v) is 17.9. The molecule has 0 amide bonds. The maximum atomic E-state index is 11.1. The number of benzene rings is 1. The first kappa shape index (κ1) is 20.1. The molecule has 1 fully saturated rings. The Bertz CT molecular complexity index is 1070. The van der Waals surface area contributed by atoms with Gasteiger partial charge in [-0.1, -0.05) is 19.9 Å². The van der Waals surface area contributed by atoms with Crippen molar-refractivity contribution in [2.24, 2.45) is 5.92 Å². The molecule has 1 saturated heterocycles. The number of hydrogen-bond donors (Lipinski definition) is 4. The first-order chi connectivity index (χ1) is 15.0. The monoisotopic (exact) mass is 423 g/mol. The highest BCUT2D eigenvalue weighted by atomic mass is 16.6. The maximum Gasteiger partial charge on any atom is 0.161 e. The van der Waals surface area contributed by atoms with E-state index in [-0.39, 0.29) is 6.04 Å². The van der Waals surface area contributed by atoms with E-state index >= 15 is 0 Å². The third-order valence-electron chi connectivity index (χ3n) is 6.17. The lowest BCUT2D eigenvalue weighted by molar-refractivity contribution is 0.00889. The minimum absolute atomic E-state index is 0.0201. The number of nitrogens with zero attached hydrogens (tertiary/aromatic N) is 2. The molecule has 4 heterocycles. The Kier molecular flexibility index (Phi) is 5.19. The SMILES string of the molecule is CC(C)[C@@H](Nc1ncnc2[nH]c([C@@]3(O)CCCNC3)cc12)c1ccc2c(c1)OCCO2. The fourth-order valence-corrected chi connectivity index (χ4v) is 4.46. The van der Waals surface area contributed by atoms with Crippen molar-refractivity contribution in [3.05, 3.63) is 41.9 Å². The first-order valence-corrected chi connectivity index (χ1v) is 11.0. The molecule has 5 rings (SSSR count). The molecular formula is C23H29N5O3. The molecule has 2 aromatic heterocycles. The lowest BCUT2D eigenvalue weighted by Crippen LogP contribution is -2.43. The van der Waals surface area contributed by atoms with Crippen LogP contribution in [0.5, 0.6) is 11.5 Å². The molecule has 2 atom stereocenters. The van der Waals surface area contributed by atoms with Gasteiger partial charge < -0.3 is 30.2 Å². The topological polar surface area (TPSA) is 104 Å². The van der Waals surface area contributed by atoms with E-state index in [0.717, 1.165) is 59.0 Å². The van der Waals surface area contributed by atoms with Crippen LogP contribution in [-0.4, -0.2) is 46.4 Å². The highest BCUT2D eigenvalue weighted by molar-refractivity contribution is 5.88. The predicted octanol–water partition coefficient (Wildman–Crippen LogP) is 3.11. The largest absolute Gasteiger partial charge is 0.486 e. The summed E-state index contributed by atoms with van der Waals surface area (Å²) in [6, 6.07) is 8.08. The highest BCUT2D eigenvalue weighted by Crippen LogP contribution is 2.37. The second kappa shape index (κ2) is 8.01. The van der Waals surface area contributed by atoms with Gasteiger partial charge in [0.05, 0.1) is 17.1 Å². The Morgan fingerprint density at radius 1 is 1.13 bits per heavy atom. The Hall–Kier alpha value is -2.84. The molecule has 2 aliphatic rings. The van der Waals surface area contributed by atoms with E-state index in [1.165, 1.54) is 0 Å². The lowest BCUT2D eigenvalue weighted by Gasteiger charge is -2.31. The van der Waals surface area contributed by atoms with Gasteiger partial charge in [0.25, 0.3) is 0 Å². The van der Waals surface area contributed by atoms with Crippen LogP contribution in [0.4, 0.5) is 5.82 Å². The number of aliphatic hydroxyl groups is 1. The predicted molar refractivity (Wildman–Crippen MR) is 119 cm³/mol. The van der Waals surface area contributed by atoms with Crippen molar-refractivity contribution < 1.29 is 14.6 Å². The second-order valence-electron chi connectivity index (χ2n) is 8.75. The molecular weight excluding hydrogens is 394 g/mol. The van der Waals surface area contributed by atoms with Crippen LogP contribution in [0.25, 0.3) is 11.0 Å². The van der Waals surface area contributed by atoms with Gasteiger partial charge in [-0.05, 0) is 49.1 Å². The van der Waals surface area contributed by atoms with Gasteiger partial charge in [0.1, 0.15) is 36.6 Å². The number of aromatic nitrogens is 3. The fourth-order valence-electron chi connectivity index (χ4n) is 4.46. The first-order valence-electron chi connectivity index (χ1n) is 11.0. The minimum Gasteiger partial charge on any atom is -0.486 e. The van der Waals surface area contributed by atoms with E-state index in [1.54, 1.807) is 6.33 Å². The number of hydrogen-bond acceptors (Lipinski definition) is 7. The molecule has 3 aromatic rings. The van der Waals surface area contributed by atoms with Gasteiger partial charge in [0.15, 0.2) is 11.5 Å². The van der Waals surface area contributed by atoms with Crippen LogP contribution in [0, 0.1) is 5.92 Å². The zero-order valence-electron chi connectivity index (χ0n) is 17.9. The van der Waals surface area contributed by atoms with E-state index in [1.807, 2.05) is 18.2 Å². The zero-order chi connectivity index (χ0) is 21.4. The standard InChI is InChI=1S/C23H29N5O3/c1-14(2)20(15-4-5-17-18(10-15)31-9-8-30-17)28-22-16-11-19(27-21(16)25-13-26-22)23(29)6-3-7-24-12-23/h4-5,10-11,13-14,20,24,29H,3,6-9,12H2,1-2H3,(H2,25,26,27,28)/t20-,23-/m1/s1. The number of H-pyrrole nitrogens is 1. The number of anilines is 1. The molecule has 4 N–H and O–H groups in total. The van der Waals surface area contributed by atoms with Crippen LogP contribution in [0.1, 0.15) is 44.0 Å². The molecule has 8 heteroatoms. The van der Waals surface area contributed by atoms with Crippen LogP contribution in [0.3, 0.4) is 0 Å². The number of rotatable bonds is 5. The summed E-state index contributed by atoms with van der Waals surface area (Å²) in [5.41, 5.74) is 1.69. The summed E-state index contributed by atoms with van der Waals surface area (Å²) in [7, 11) is 0.